The van der Waals surface area contributed by atoms with E-state index in [2.05, 4.69) is 15.4 Å². The first-order chi connectivity index (χ1) is 16.2. The highest BCUT2D eigenvalue weighted by Crippen LogP contribution is 2.28. The van der Waals surface area contributed by atoms with E-state index < -0.39 is 5.97 Å². The molecule has 176 valence electrons. The van der Waals surface area contributed by atoms with E-state index in [1.807, 2.05) is 27.7 Å². The van der Waals surface area contributed by atoms with Gasteiger partial charge in [-0.1, -0.05) is 0 Å². The van der Waals surface area contributed by atoms with Crippen molar-refractivity contribution in [2.24, 2.45) is 0 Å². The highest BCUT2D eigenvalue weighted by molar-refractivity contribution is 6.04. The molecule has 0 saturated heterocycles. The highest BCUT2D eigenvalue weighted by atomic mass is 16.5. The highest BCUT2D eigenvalue weighted by Gasteiger charge is 2.21. The summed E-state index contributed by atoms with van der Waals surface area (Å²) in [6.07, 6.45) is 3.18. The topological polar surface area (TPSA) is 102 Å². The summed E-state index contributed by atoms with van der Waals surface area (Å²) in [4.78, 5) is 31.6. The minimum Gasteiger partial charge on any atom is -0.463 e. The Morgan fingerprint density at radius 3 is 2.47 bits per heavy atom. The zero-order chi connectivity index (χ0) is 24.4. The molecule has 4 rings (SSSR count). The maximum Gasteiger partial charge on any atom is 0.344 e. The molecule has 3 heterocycles. The van der Waals surface area contributed by atoms with Crippen LogP contribution in [-0.4, -0.2) is 39.9 Å². The van der Waals surface area contributed by atoms with Crippen molar-refractivity contribution in [2.45, 2.75) is 39.8 Å². The molecule has 0 aliphatic carbocycles. The zero-order valence-corrected chi connectivity index (χ0v) is 19.8. The molecule has 0 fully saturated rings. The van der Waals surface area contributed by atoms with E-state index in [1.54, 1.807) is 66.7 Å². The SMILES string of the molecule is CC(C)NC(=O)N(C)c1ccc(OC(=O)c2cc(-c3ccco3)nc3c2cnn3C(C)C)cc1. The van der Waals surface area contributed by atoms with Gasteiger partial charge in [-0.2, -0.15) is 5.10 Å². The summed E-state index contributed by atoms with van der Waals surface area (Å²) in [6.45, 7) is 7.77. The number of benzene rings is 1. The number of nitrogens with zero attached hydrogens (tertiary/aromatic N) is 4. The Kier molecular flexibility index (Phi) is 6.36. The smallest absolute Gasteiger partial charge is 0.344 e. The fourth-order valence-electron chi connectivity index (χ4n) is 3.48. The number of aromatic nitrogens is 3. The van der Waals surface area contributed by atoms with E-state index in [1.165, 1.54) is 4.90 Å². The molecule has 0 unspecified atom stereocenters. The molecule has 4 aromatic rings. The van der Waals surface area contributed by atoms with Gasteiger partial charge in [-0.15, -0.1) is 0 Å². The molecular weight excluding hydrogens is 434 g/mol. The molecule has 0 saturated carbocycles. The van der Waals surface area contributed by atoms with Crippen LogP contribution in [0.2, 0.25) is 0 Å². The van der Waals surface area contributed by atoms with Gasteiger partial charge in [0.25, 0.3) is 0 Å². The van der Waals surface area contributed by atoms with Crippen molar-refractivity contribution in [3.8, 4) is 17.2 Å². The number of hydrogen-bond acceptors (Lipinski definition) is 6. The molecule has 0 spiro atoms. The van der Waals surface area contributed by atoms with Gasteiger partial charge < -0.3 is 14.5 Å². The lowest BCUT2D eigenvalue weighted by molar-refractivity contribution is 0.0736. The van der Waals surface area contributed by atoms with E-state index in [0.717, 1.165) is 0 Å². The van der Waals surface area contributed by atoms with Gasteiger partial charge in [0.2, 0.25) is 0 Å². The Morgan fingerprint density at radius 1 is 1.12 bits per heavy atom. The predicted octanol–water partition coefficient (Wildman–Crippen LogP) is 5.05. The summed E-state index contributed by atoms with van der Waals surface area (Å²) in [5, 5.41) is 7.83. The normalized spacial score (nSPS) is 11.3. The quantitative estimate of drug-likeness (QED) is 0.319. The second-order valence-electron chi connectivity index (χ2n) is 8.50. The summed E-state index contributed by atoms with van der Waals surface area (Å²) >= 11 is 0. The lowest BCUT2D eigenvalue weighted by Crippen LogP contribution is -2.40. The molecule has 1 N–H and O–H groups in total. The van der Waals surface area contributed by atoms with Crippen LogP contribution in [0.4, 0.5) is 10.5 Å². The Balaban J connectivity index is 1.62. The second-order valence-corrected chi connectivity index (χ2v) is 8.50. The Morgan fingerprint density at radius 2 is 1.85 bits per heavy atom. The number of furan rings is 1. The van der Waals surface area contributed by atoms with Gasteiger partial charge >= 0.3 is 12.0 Å². The monoisotopic (exact) mass is 461 g/mol. The van der Waals surface area contributed by atoms with Crippen LogP contribution in [0.3, 0.4) is 0 Å². The van der Waals surface area contributed by atoms with Crippen LogP contribution < -0.4 is 15.0 Å². The standard InChI is InChI=1S/C25H27N5O4/c1-15(2)27-25(32)29(5)17-8-10-18(11-9-17)34-24(31)19-13-21(22-7-6-12-33-22)28-23-20(19)14-26-30(23)16(3)4/h6-16H,1-5H3,(H,27,32). The number of hydrogen-bond donors (Lipinski definition) is 1. The molecule has 3 aromatic heterocycles. The third kappa shape index (κ3) is 4.63. The van der Waals surface area contributed by atoms with Crippen LogP contribution in [-0.2, 0) is 0 Å². The average molecular weight is 462 g/mol. The summed E-state index contributed by atoms with van der Waals surface area (Å²) < 4.78 is 12.9. The van der Waals surface area contributed by atoms with Crippen LogP contribution in [0, 0.1) is 0 Å². The Bertz CT molecular complexity index is 1310. The summed E-state index contributed by atoms with van der Waals surface area (Å²) in [6, 6.07) is 11.8. The molecule has 1 aromatic carbocycles. The van der Waals surface area contributed by atoms with Gasteiger partial charge in [0.1, 0.15) is 11.4 Å². The molecule has 0 aliphatic heterocycles. The fourth-order valence-corrected chi connectivity index (χ4v) is 3.48. The second kappa shape index (κ2) is 9.38. The van der Waals surface area contributed by atoms with Crippen LogP contribution in [0.25, 0.3) is 22.5 Å². The first-order valence-electron chi connectivity index (χ1n) is 11.0. The summed E-state index contributed by atoms with van der Waals surface area (Å²) in [7, 11) is 1.68. The van der Waals surface area contributed by atoms with Gasteiger partial charge in [-0.3, -0.25) is 4.90 Å². The lowest BCUT2D eigenvalue weighted by atomic mass is 10.1. The molecule has 9 nitrogen and oxygen atoms in total. The van der Waals surface area contributed by atoms with E-state index in [4.69, 9.17) is 9.15 Å². The first-order valence-corrected chi connectivity index (χ1v) is 11.0. The van der Waals surface area contributed by atoms with Gasteiger partial charge in [0.15, 0.2) is 11.4 Å². The zero-order valence-electron chi connectivity index (χ0n) is 19.8. The molecule has 0 radical (unpaired) electrons. The van der Waals surface area contributed by atoms with Gasteiger partial charge in [0, 0.05) is 24.8 Å². The number of carbonyl (C=O) groups is 2. The molecule has 2 amide bonds. The third-order valence-electron chi connectivity index (χ3n) is 5.20. The average Bonchev–Trinajstić information content (AvgIpc) is 3.48. The molecule has 0 atom stereocenters. The van der Waals surface area contributed by atoms with Gasteiger partial charge in [0.05, 0.1) is 23.4 Å². The van der Waals surface area contributed by atoms with Crippen molar-refractivity contribution in [3.63, 3.8) is 0 Å². The first kappa shape index (κ1) is 23.0. The number of esters is 1. The molecule has 0 aliphatic rings. The van der Waals surface area contributed by atoms with Crippen LogP contribution >= 0.6 is 0 Å². The fraction of sp³-hybridized carbons (Fsp3) is 0.280. The molecular formula is C25H27N5O4. The molecule has 9 heteroatoms. The van der Waals surface area contributed by atoms with Crippen molar-refractivity contribution in [2.75, 3.05) is 11.9 Å². The van der Waals surface area contributed by atoms with Gasteiger partial charge in [-0.05, 0) is 70.2 Å². The minimum absolute atomic E-state index is 0.0264. The number of urea groups is 1. The van der Waals surface area contributed by atoms with E-state index in [-0.39, 0.29) is 18.1 Å². The summed E-state index contributed by atoms with van der Waals surface area (Å²) in [5.74, 6) is 0.355. The predicted molar refractivity (Wildman–Crippen MR) is 129 cm³/mol. The number of nitrogens with one attached hydrogen (secondary N) is 1. The Hall–Kier alpha value is -4.14. The van der Waals surface area contributed by atoms with Crippen molar-refractivity contribution in [1.82, 2.24) is 20.1 Å². The van der Waals surface area contributed by atoms with E-state index >= 15 is 0 Å². The van der Waals surface area contributed by atoms with Crippen molar-refractivity contribution in [1.29, 1.82) is 0 Å². The van der Waals surface area contributed by atoms with Crippen molar-refractivity contribution >= 4 is 28.7 Å². The molecule has 0 bridgehead atoms. The number of carbonyl (C=O) groups excluding carboxylic acids is 2. The Labute approximate surface area is 197 Å². The minimum atomic E-state index is -0.540. The molecule has 34 heavy (non-hydrogen) atoms. The van der Waals surface area contributed by atoms with Crippen LogP contribution in [0.1, 0.15) is 44.1 Å². The van der Waals surface area contributed by atoms with Crippen molar-refractivity contribution < 1.29 is 18.7 Å². The van der Waals surface area contributed by atoms with E-state index in [0.29, 0.717) is 39.5 Å². The van der Waals surface area contributed by atoms with E-state index in [9.17, 15) is 9.59 Å². The number of rotatable bonds is 6. The number of anilines is 1. The largest absolute Gasteiger partial charge is 0.463 e. The van der Waals surface area contributed by atoms with Crippen LogP contribution in [0.15, 0.2) is 59.3 Å². The maximum atomic E-state index is 13.2. The number of pyridine rings is 1. The lowest BCUT2D eigenvalue weighted by Gasteiger charge is -2.20. The van der Waals surface area contributed by atoms with Crippen LogP contribution in [0.5, 0.6) is 5.75 Å². The maximum absolute atomic E-state index is 13.2. The summed E-state index contributed by atoms with van der Waals surface area (Å²) in [5.41, 5.74) is 2.09. The number of ether oxygens (including phenoxy) is 1. The number of fused-ring (bicyclic) bond motifs is 1. The third-order valence-corrected chi connectivity index (χ3v) is 5.20. The number of amides is 2. The van der Waals surface area contributed by atoms with Crippen molar-refractivity contribution in [3.05, 3.63) is 60.5 Å². The van der Waals surface area contributed by atoms with Gasteiger partial charge in [-0.25, -0.2) is 19.3 Å².